The van der Waals surface area contributed by atoms with Crippen LogP contribution in [-0.4, -0.2) is 215 Å². The van der Waals surface area contributed by atoms with Crippen LogP contribution in [0.25, 0.3) is 10.9 Å². The topological polar surface area (TPSA) is 538 Å². The molecule has 0 saturated carbocycles. The zero-order valence-corrected chi connectivity index (χ0v) is 69.3. The minimum absolute atomic E-state index is 0.00162. The largest absolute Gasteiger partial charge is 0.508 e. The third-order valence-electron chi connectivity index (χ3n) is 20.0. The molecule has 0 bridgehead atoms. The molecule has 0 saturated heterocycles. The van der Waals surface area contributed by atoms with Gasteiger partial charge in [0.05, 0.1) is 25.1 Å². The molecule has 0 aliphatic heterocycles. The number of aliphatic hydroxyl groups excluding tert-OH is 3. The van der Waals surface area contributed by atoms with Gasteiger partial charge in [0.2, 0.25) is 70.9 Å². The molecule has 34 heteroatoms. The van der Waals surface area contributed by atoms with E-state index in [1.165, 1.54) is 96.1 Å². The highest BCUT2D eigenvalue weighted by Gasteiger charge is 2.39. The Labute approximate surface area is 689 Å². The van der Waals surface area contributed by atoms with Crippen LogP contribution in [0.4, 0.5) is 0 Å². The predicted octanol–water partition coefficient (Wildman–Crippen LogP) is 2.49. The summed E-state index contributed by atoms with van der Waals surface area (Å²) in [7, 11) is 0. The van der Waals surface area contributed by atoms with E-state index in [9.17, 15) is 83.1 Å². The molecule has 650 valence electrons. The Kier molecular flexibility index (Phi) is 42.6. The maximum absolute atomic E-state index is 15.1. The lowest BCUT2D eigenvalue weighted by atomic mass is 10.0. The molecule has 21 N–H and O–H groups in total. The molecule has 0 unspecified atom stereocenters. The Morgan fingerprint density at radius 1 is 0.424 bits per heavy atom. The van der Waals surface area contributed by atoms with Crippen molar-refractivity contribution in [3.05, 3.63) is 120 Å². The number of hydrogen-bond acceptors (Lipinski definition) is 19. The van der Waals surface area contributed by atoms with Gasteiger partial charge in [-0.15, -0.1) is 0 Å². The molecule has 2 heterocycles. The Hall–Kier alpha value is -10.8. The lowest BCUT2D eigenvalue weighted by molar-refractivity contribution is -0.142. The minimum atomic E-state index is -1.94. The first-order chi connectivity index (χ1) is 56.2. The third-order valence-corrected chi connectivity index (χ3v) is 20.0. The quantitative estimate of drug-likeness (QED) is 0.0249. The van der Waals surface area contributed by atoms with Crippen LogP contribution in [0.3, 0.4) is 0 Å². The number of hydrogen-bond donors (Lipinski definition) is 20. The molecule has 2 aromatic heterocycles. The second-order valence-electron chi connectivity index (χ2n) is 31.2. The number of amides is 12. The van der Waals surface area contributed by atoms with Crippen molar-refractivity contribution >= 4 is 87.8 Å². The van der Waals surface area contributed by atoms with Crippen molar-refractivity contribution in [2.75, 3.05) is 13.2 Å². The van der Waals surface area contributed by atoms with Gasteiger partial charge in [-0.1, -0.05) is 159 Å². The van der Waals surface area contributed by atoms with E-state index in [-0.39, 0.29) is 87.1 Å². The van der Waals surface area contributed by atoms with Crippen LogP contribution in [0.5, 0.6) is 5.75 Å². The van der Waals surface area contributed by atoms with Crippen molar-refractivity contribution in [1.82, 2.24) is 78.8 Å². The maximum Gasteiger partial charge on any atom is 0.326 e. The number of nitrogens with two attached hydrogens (primary N) is 1. The Balaban J connectivity index is 1.35. The molecule has 12 amide bonds. The summed E-state index contributed by atoms with van der Waals surface area (Å²) in [5.74, 6) is -12.6. The average molecular weight is 1650 g/mol. The van der Waals surface area contributed by atoms with Gasteiger partial charge >= 0.3 is 5.97 Å². The number of fused-ring (bicyclic) bond motifs is 1. The minimum Gasteiger partial charge on any atom is -0.508 e. The highest BCUT2D eigenvalue weighted by molar-refractivity contribution is 6.00. The lowest BCUT2D eigenvalue weighted by Gasteiger charge is -2.29. The summed E-state index contributed by atoms with van der Waals surface area (Å²) in [5.41, 5.74) is 8.12. The second-order valence-corrected chi connectivity index (χ2v) is 31.2. The Bertz CT molecular complexity index is 4010. The number of aromatic hydroxyl groups is 1. The molecule has 3 aromatic carbocycles. The van der Waals surface area contributed by atoms with Crippen LogP contribution < -0.4 is 69.5 Å². The zero-order valence-electron chi connectivity index (χ0n) is 69.3. The lowest BCUT2D eigenvalue weighted by Crippen LogP contribution is -2.63. The van der Waals surface area contributed by atoms with Crippen molar-refractivity contribution in [3.63, 3.8) is 0 Å². The highest BCUT2D eigenvalue weighted by Crippen LogP contribution is 2.21. The molecular formula is C84H126N16O18. The van der Waals surface area contributed by atoms with E-state index in [1.54, 1.807) is 74.6 Å². The van der Waals surface area contributed by atoms with E-state index < -0.39 is 162 Å². The molecule has 34 nitrogen and oxygen atoms in total. The van der Waals surface area contributed by atoms with Gasteiger partial charge in [0.1, 0.15) is 78.3 Å². The summed E-state index contributed by atoms with van der Waals surface area (Å²) < 4.78 is 0. The summed E-state index contributed by atoms with van der Waals surface area (Å²) in [6, 6.07) is 2.76. The van der Waals surface area contributed by atoms with Crippen LogP contribution in [0.2, 0.25) is 0 Å². The van der Waals surface area contributed by atoms with E-state index in [4.69, 9.17) is 5.73 Å². The molecule has 5 aromatic rings. The number of phenolic OH excluding ortho intramolecular Hbond substituents is 1. The number of carbonyl (C=O) groups is 13. The number of carboxylic acids is 1. The summed E-state index contributed by atoms with van der Waals surface area (Å²) in [6.45, 7) is 13.6. The smallest absolute Gasteiger partial charge is 0.326 e. The first-order valence-corrected chi connectivity index (χ1v) is 41.1. The fraction of sp³-hybridized carbons (Fsp3) is 0.571. The number of carbonyl (C=O) groups excluding carboxylic acids is 12. The molecule has 0 fully saturated rings. The number of nitrogens with one attached hydrogen (secondary N) is 14. The third kappa shape index (κ3) is 34.4. The number of rotatable bonds is 55. The van der Waals surface area contributed by atoms with Gasteiger partial charge in [0.25, 0.3) is 0 Å². The number of nitrogens with zero attached hydrogens (tertiary/aromatic N) is 1. The summed E-state index contributed by atoms with van der Waals surface area (Å²) in [6.07, 6.45) is 13.0. The first-order valence-electron chi connectivity index (χ1n) is 41.1. The normalized spacial score (nSPS) is 14.9. The van der Waals surface area contributed by atoms with Gasteiger partial charge in [-0.2, -0.15) is 0 Å². The van der Waals surface area contributed by atoms with Crippen LogP contribution in [0.15, 0.2) is 97.6 Å². The first kappa shape index (κ1) is 97.7. The number of unbranched alkanes of at least 4 members (excludes halogenated alkanes) is 11. The monoisotopic (exact) mass is 1650 g/mol. The maximum atomic E-state index is 15.1. The molecule has 14 atom stereocenters. The van der Waals surface area contributed by atoms with E-state index in [2.05, 4.69) is 85.7 Å². The van der Waals surface area contributed by atoms with Crippen LogP contribution in [0, 0.1) is 11.8 Å². The van der Waals surface area contributed by atoms with Crippen molar-refractivity contribution < 1.29 is 87.9 Å². The summed E-state index contributed by atoms with van der Waals surface area (Å²) in [4.78, 5) is 193. The fourth-order valence-corrected chi connectivity index (χ4v) is 13.3. The zero-order chi connectivity index (χ0) is 87.0. The van der Waals surface area contributed by atoms with Gasteiger partial charge in [-0.25, -0.2) is 9.78 Å². The highest BCUT2D eigenvalue weighted by atomic mass is 16.4. The second kappa shape index (κ2) is 51.4. The number of para-hydroxylation sites is 1. The standard InChI is InChI=1S/C84H126N16O18/c1-10-11-12-13-14-15-16-17-18-19-23-33-70(105)91-63(39-49(2)3)79(112)99-71(53(8)102)82(115)96-64(42-56-34-36-59(104)37-35-56)76(109)90-51(6)73(106)93-66(43-57-45-87-61-31-25-24-30-60(57)61)78(111)95-67(44-58-46-86-48-88-58)80(113)100-72(54(9)103)83(116)98-69(47-101)81(114)94-65(41-55-28-21-20-22-29-55)77(110)92-62(32-26-27-38-85)75(108)89-52(7)74(107)97-68(84(117)118)40-50(4)5/h20-22,24-25,28-31,34-37,45-46,48-54,62-69,71-72,87,101-104H,10-19,23,26-27,32-33,38-44,47,85H2,1-9H3,(H,86,88)(H,89,108)(H,90,109)(H,91,105)(H,92,110)(H,93,106)(H,94,114)(H,95,111)(H,96,115)(H,97,107)(H,98,116)(H,99,112)(H,100,113)(H,117,118)/t51-,52-,53+,54+,62-,63-,64-,65-,66-,67-,68-,69-,71-,72-/m0/s1. The van der Waals surface area contributed by atoms with Crippen LogP contribution in [0.1, 0.15) is 194 Å². The molecular weight excluding hydrogens is 1520 g/mol. The van der Waals surface area contributed by atoms with E-state index in [0.717, 1.165) is 32.6 Å². The van der Waals surface area contributed by atoms with Crippen molar-refractivity contribution in [2.24, 2.45) is 17.6 Å². The van der Waals surface area contributed by atoms with Crippen LogP contribution >= 0.6 is 0 Å². The van der Waals surface area contributed by atoms with Gasteiger partial charge in [0, 0.05) is 61.1 Å². The number of carboxylic acid groups (broad SMARTS) is 1. The number of imidazole rings is 1. The van der Waals surface area contributed by atoms with Crippen molar-refractivity contribution in [2.45, 2.75) is 282 Å². The number of phenols is 1. The number of aromatic nitrogens is 3. The number of aliphatic carboxylic acids is 1. The van der Waals surface area contributed by atoms with E-state index in [1.807, 2.05) is 13.8 Å². The average Bonchev–Trinajstić information content (AvgIpc) is 1.66. The number of H-pyrrole nitrogens is 2. The molecule has 0 aliphatic carbocycles. The van der Waals surface area contributed by atoms with E-state index >= 15 is 4.79 Å². The van der Waals surface area contributed by atoms with Crippen molar-refractivity contribution in [3.8, 4) is 5.75 Å². The fourth-order valence-electron chi connectivity index (χ4n) is 13.3. The Morgan fingerprint density at radius 3 is 1.37 bits per heavy atom. The van der Waals surface area contributed by atoms with Gasteiger partial charge in [-0.3, -0.25) is 57.5 Å². The van der Waals surface area contributed by atoms with Gasteiger partial charge < -0.3 is 105 Å². The van der Waals surface area contributed by atoms with Gasteiger partial charge in [0.15, 0.2) is 0 Å². The number of benzene rings is 3. The molecule has 118 heavy (non-hydrogen) atoms. The Morgan fingerprint density at radius 2 is 0.856 bits per heavy atom. The van der Waals surface area contributed by atoms with Crippen LogP contribution in [-0.2, 0) is 88.0 Å². The summed E-state index contributed by atoms with van der Waals surface area (Å²) >= 11 is 0. The number of aliphatic hydroxyl groups is 3. The van der Waals surface area contributed by atoms with E-state index in [0.29, 0.717) is 46.9 Å². The SMILES string of the molecule is CCCCCCCCCCCCCC(=O)N[C@@H](CC(C)C)C(=O)N[C@H](C(=O)N[C@@H](Cc1ccc(O)cc1)C(=O)N[C@@H](C)C(=O)N[C@@H](Cc1c[nH]c2ccccc12)C(=O)N[C@@H](Cc1cnc[nH]1)C(=O)N[C@H](C(=O)N[C@@H](CO)C(=O)N[C@@H](Cc1ccccc1)C(=O)N[C@@H](CCCCN)C(=O)N[C@@H](C)C(=O)N[C@@H](CC(C)C)C(=O)O)[C@@H](C)O)[C@@H](C)O. The van der Waals surface area contributed by atoms with Crippen molar-refractivity contribution in [1.29, 1.82) is 0 Å². The van der Waals surface area contributed by atoms with Gasteiger partial charge in [-0.05, 0) is 119 Å². The summed E-state index contributed by atoms with van der Waals surface area (Å²) in [5, 5.41) is 84.3. The number of aromatic amines is 2. The molecule has 0 spiro atoms. The molecule has 5 rings (SSSR count). The predicted molar refractivity (Wildman–Crippen MR) is 442 cm³/mol. The molecule has 0 radical (unpaired) electrons. The molecule has 0 aliphatic rings.